The van der Waals surface area contributed by atoms with Gasteiger partial charge in [0.25, 0.3) is 0 Å². The molecule has 0 N–H and O–H groups in total. The summed E-state index contributed by atoms with van der Waals surface area (Å²) < 4.78 is 2.14. The summed E-state index contributed by atoms with van der Waals surface area (Å²) in [7, 11) is 0. The third-order valence-electron chi connectivity index (χ3n) is 4.61. The van der Waals surface area contributed by atoms with Gasteiger partial charge in [0, 0.05) is 18.0 Å². The molecule has 24 heavy (non-hydrogen) atoms. The van der Waals surface area contributed by atoms with Crippen molar-refractivity contribution in [2.75, 3.05) is 4.90 Å². The summed E-state index contributed by atoms with van der Waals surface area (Å²) in [6, 6.07) is 0. The van der Waals surface area contributed by atoms with Gasteiger partial charge in [-0.1, -0.05) is 45.1 Å². The Labute approximate surface area is 146 Å². The molecule has 3 aliphatic rings. The van der Waals surface area contributed by atoms with Crippen LogP contribution in [0.2, 0.25) is 0 Å². The van der Waals surface area contributed by atoms with E-state index in [1.165, 1.54) is 23.2 Å². The van der Waals surface area contributed by atoms with E-state index in [-0.39, 0.29) is 16.1 Å². The Morgan fingerprint density at radius 2 is 2.12 bits per heavy atom. The van der Waals surface area contributed by atoms with E-state index in [9.17, 15) is 4.79 Å². The fourth-order valence-electron chi connectivity index (χ4n) is 3.70. The molecule has 124 valence electrons. The van der Waals surface area contributed by atoms with Crippen LogP contribution in [0.5, 0.6) is 0 Å². The van der Waals surface area contributed by atoms with E-state index in [0.717, 1.165) is 17.4 Å². The maximum Gasteiger partial charge on any atom is 0.216 e. The van der Waals surface area contributed by atoms with Gasteiger partial charge in [0.1, 0.15) is 10.6 Å². The molecule has 1 aromatic rings. The quantitative estimate of drug-likeness (QED) is 0.562. The van der Waals surface area contributed by atoms with Crippen molar-refractivity contribution in [2.45, 2.75) is 44.7 Å². The van der Waals surface area contributed by atoms with Gasteiger partial charge in [0.05, 0.1) is 11.9 Å². The largest absolute Gasteiger partial charge is 0.296 e. The van der Waals surface area contributed by atoms with Crippen molar-refractivity contribution >= 4 is 28.5 Å². The number of fused-ring (bicyclic) bond motifs is 3. The molecule has 0 saturated heterocycles. The van der Waals surface area contributed by atoms with Crippen molar-refractivity contribution in [3.63, 3.8) is 0 Å². The number of hydrogen-bond acceptors (Lipinski definition) is 4. The number of thioether (sulfide) groups is 1. The molecule has 4 nitrogen and oxygen atoms in total. The third-order valence-corrected chi connectivity index (χ3v) is 5.40. The van der Waals surface area contributed by atoms with Crippen molar-refractivity contribution in [1.29, 1.82) is 0 Å². The highest BCUT2D eigenvalue weighted by atomic mass is 32.2. The van der Waals surface area contributed by atoms with Gasteiger partial charge in [-0.25, -0.2) is 4.98 Å². The fourth-order valence-corrected chi connectivity index (χ4v) is 4.37. The molecule has 1 atom stereocenters. The lowest BCUT2D eigenvalue weighted by Crippen LogP contribution is -2.47. The molecule has 1 unspecified atom stereocenters. The minimum atomic E-state index is -0.328. The molecule has 1 aliphatic carbocycles. The zero-order valence-electron chi connectivity index (χ0n) is 14.4. The van der Waals surface area contributed by atoms with E-state index >= 15 is 0 Å². The molecule has 0 amide bonds. The number of nitrogens with zero attached hydrogens (tertiary/aromatic N) is 3. The number of carbonyl (C=O) groups excluding carboxylic acids is 1. The predicted octanol–water partition coefficient (Wildman–Crippen LogP) is 4.38. The van der Waals surface area contributed by atoms with E-state index in [1.54, 1.807) is 6.92 Å². The highest BCUT2D eigenvalue weighted by Crippen LogP contribution is 2.53. The number of allylic oxidation sites excluding steroid dienone is 5. The van der Waals surface area contributed by atoms with Crippen LogP contribution < -0.4 is 4.90 Å². The lowest BCUT2D eigenvalue weighted by atomic mass is 9.81. The van der Waals surface area contributed by atoms with E-state index in [1.807, 2.05) is 6.20 Å². The number of anilines is 1. The molecule has 0 aromatic carbocycles. The lowest BCUT2D eigenvalue weighted by Gasteiger charge is -2.43. The molecule has 0 fully saturated rings. The van der Waals surface area contributed by atoms with E-state index in [2.05, 4.69) is 71.7 Å². The minimum Gasteiger partial charge on any atom is -0.296 e. The van der Waals surface area contributed by atoms with Crippen LogP contribution in [0.4, 0.5) is 5.95 Å². The number of rotatable bonds is 1. The van der Waals surface area contributed by atoms with Crippen molar-refractivity contribution in [3.05, 3.63) is 48.4 Å². The molecule has 5 heteroatoms. The van der Waals surface area contributed by atoms with Crippen LogP contribution in [0, 0.1) is 5.41 Å². The molecule has 0 radical (unpaired) electrons. The van der Waals surface area contributed by atoms with E-state index < -0.39 is 0 Å². The van der Waals surface area contributed by atoms with Gasteiger partial charge >= 0.3 is 0 Å². The maximum absolute atomic E-state index is 11.7. The second-order valence-electron chi connectivity index (χ2n) is 7.37. The average molecular weight is 339 g/mol. The maximum atomic E-state index is 11.7. The summed E-state index contributed by atoms with van der Waals surface area (Å²) in [4.78, 5) is 18.7. The van der Waals surface area contributed by atoms with Gasteiger partial charge in [-0.05, 0) is 30.3 Å². The first-order valence-electron chi connectivity index (χ1n) is 8.20. The van der Waals surface area contributed by atoms with Gasteiger partial charge < -0.3 is 0 Å². The van der Waals surface area contributed by atoms with Crippen LogP contribution in [-0.2, 0) is 4.79 Å². The summed E-state index contributed by atoms with van der Waals surface area (Å²) in [6.45, 7) is 8.26. The standard InChI is InChI=1S/C19H21N3OS/c1-13(23)24-16-12-20-17-21(16)15-8-5-6-10-19(15)11-7-9-14(22(17)19)18(2,3)4/h6-12H,5H2,1-4H3. The van der Waals surface area contributed by atoms with Crippen molar-refractivity contribution in [2.24, 2.45) is 5.41 Å². The lowest BCUT2D eigenvalue weighted by molar-refractivity contribution is -0.109. The Morgan fingerprint density at radius 3 is 2.83 bits per heavy atom. The molecular weight excluding hydrogens is 318 g/mol. The highest BCUT2D eigenvalue weighted by molar-refractivity contribution is 8.13. The number of hydrogen-bond donors (Lipinski definition) is 0. The zero-order valence-corrected chi connectivity index (χ0v) is 15.2. The van der Waals surface area contributed by atoms with Crippen LogP contribution in [0.15, 0.2) is 53.4 Å². The SMILES string of the molecule is CC(=O)Sc1cnc2n1C1=CCC=CC13C=CC=C(C(C)(C)C)N23. The molecule has 2 aliphatic heterocycles. The first-order valence-corrected chi connectivity index (χ1v) is 9.01. The summed E-state index contributed by atoms with van der Waals surface area (Å²) in [5, 5.41) is 0.959. The first kappa shape index (κ1) is 15.5. The van der Waals surface area contributed by atoms with Crippen LogP contribution in [0.25, 0.3) is 5.70 Å². The normalized spacial score (nSPS) is 24.2. The van der Waals surface area contributed by atoms with Gasteiger partial charge in [0.2, 0.25) is 5.95 Å². The monoisotopic (exact) mass is 339 g/mol. The van der Waals surface area contributed by atoms with Gasteiger partial charge in [-0.3, -0.25) is 14.3 Å². The first-order chi connectivity index (χ1) is 11.3. The van der Waals surface area contributed by atoms with Gasteiger partial charge in [0.15, 0.2) is 5.12 Å². The van der Waals surface area contributed by atoms with E-state index in [4.69, 9.17) is 0 Å². The Bertz CT molecular complexity index is 850. The molecule has 1 spiro atoms. The fraction of sp³-hybridized carbons (Fsp3) is 0.368. The molecule has 3 heterocycles. The summed E-state index contributed by atoms with van der Waals surface area (Å²) in [5.74, 6) is 0.891. The van der Waals surface area contributed by atoms with Gasteiger partial charge in [-0.2, -0.15) is 0 Å². The van der Waals surface area contributed by atoms with Crippen LogP contribution in [-0.4, -0.2) is 20.2 Å². The third kappa shape index (κ3) is 2.00. The number of aromatic nitrogens is 2. The van der Waals surface area contributed by atoms with Gasteiger partial charge in [-0.15, -0.1) is 0 Å². The zero-order chi connectivity index (χ0) is 17.1. The Kier molecular flexibility index (Phi) is 3.23. The Hall–Kier alpha value is -2.01. The number of carbonyl (C=O) groups is 1. The molecule has 0 saturated carbocycles. The van der Waals surface area contributed by atoms with Crippen molar-refractivity contribution < 1.29 is 4.79 Å². The molecule has 1 aromatic heterocycles. The molecule has 4 rings (SSSR count). The minimum absolute atomic E-state index is 0.0108. The summed E-state index contributed by atoms with van der Waals surface area (Å²) in [6.07, 6.45) is 16.0. The van der Waals surface area contributed by atoms with Crippen molar-refractivity contribution in [1.82, 2.24) is 9.55 Å². The Morgan fingerprint density at radius 1 is 1.33 bits per heavy atom. The Balaban J connectivity index is 1.96. The summed E-state index contributed by atoms with van der Waals surface area (Å²) >= 11 is 1.24. The van der Waals surface area contributed by atoms with Crippen molar-refractivity contribution in [3.8, 4) is 0 Å². The second-order valence-corrected chi connectivity index (χ2v) is 8.57. The number of imidazole rings is 1. The van der Waals surface area contributed by atoms with Crippen LogP contribution in [0.3, 0.4) is 0 Å². The van der Waals surface area contributed by atoms with Crippen LogP contribution >= 0.6 is 11.8 Å². The average Bonchev–Trinajstić information content (AvgIpc) is 3.01. The summed E-state index contributed by atoms with van der Waals surface area (Å²) in [5.41, 5.74) is 2.06. The molecular formula is C19H21N3OS. The second kappa shape index (κ2) is 4.99. The van der Waals surface area contributed by atoms with Crippen LogP contribution in [0.1, 0.15) is 34.1 Å². The van der Waals surface area contributed by atoms with E-state index in [0.29, 0.717) is 0 Å². The smallest absolute Gasteiger partial charge is 0.216 e. The predicted molar refractivity (Wildman–Crippen MR) is 98.7 cm³/mol. The topological polar surface area (TPSA) is 38.1 Å². The highest BCUT2D eigenvalue weighted by Gasteiger charge is 2.51. The molecule has 0 bridgehead atoms.